The summed E-state index contributed by atoms with van der Waals surface area (Å²) < 4.78 is 126. The molecule has 0 fully saturated rings. The van der Waals surface area contributed by atoms with Crippen LogP contribution in [0.4, 0.5) is 30.7 Å². The van der Waals surface area contributed by atoms with Crippen LogP contribution >= 0.6 is 10.3 Å². The van der Waals surface area contributed by atoms with E-state index in [1.54, 1.807) is 6.07 Å². The lowest BCUT2D eigenvalue weighted by molar-refractivity contribution is -0.0496. The van der Waals surface area contributed by atoms with Crippen molar-refractivity contribution in [2.75, 3.05) is 0 Å². The standard InChI is InChI=1S/C21H15F7O3S2/c1-12-3-4-13(2)20(5-12)32(31-33(29,30)21(26,27)28,18-8-14(22)6-15(23)9-18)19-10-16(24)7-17(25)11-19/h3-11H,1-2H3. The number of rotatable bonds is 5. The quantitative estimate of drug-likeness (QED) is 0.275. The van der Waals surface area contributed by atoms with Crippen LogP contribution in [0.2, 0.25) is 0 Å². The van der Waals surface area contributed by atoms with E-state index >= 15 is 0 Å². The van der Waals surface area contributed by atoms with Crippen molar-refractivity contribution in [3.8, 4) is 0 Å². The fourth-order valence-electron chi connectivity index (χ4n) is 3.08. The zero-order valence-corrected chi connectivity index (χ0v) is 18.5. The molecule has 0 saturated heterocycles. The maximum atomic E-state index is 14.2. The molecule has 0 aromatic heterocycles. The van der Waals surface area contributed by atoms with Gasteiger partial charge in [-0.05, 0) is 65.6 Å². The second-order valence-corrected chi connectivity index (χ2v) is 11.4. The summed E-state index contributed by atoms with van der Waals surface area (Å²) in [6, 6.07) is 7.25. The van der Waals surface area contributed by atoms with Crippen LogP contribution in [0.1, 0.15) is 11.1 Å². The molecule has 3 aromatic carbocycles. The van der Waals surface area contributed by atoms with E-state index in [0.717, 1.165) is 0 Å². The van der Waals surface area contributed by atoms with Crippen molar-refractivity contribution in [2.24, 2.45) is 0 Å². The second kappa shape index (κ2) is 8.65. The largest absolute Gasteiger partial charge is 0.524 e. The van der Waals surface area contributed by atoms with Crippen LogP contribution < -0.4 is 0 Å². The molecule has 178 valence electrons. The summed E-state index contributed by atoms with van der Waals surface area (Å²) >= 11 is 0. The van der Waals surface area contributed by atoms with Gasteiger partial charge in [-0.3, -0.25) is 0 Å². The third-order valence-electron chi connectivity index (χ3n) is 4.46. The van der Waals surface area contributed by atoms with Crippen molar-refractivity contribution in [1.82, 2.24) is 0 Å². The van der Waals surface area contributed by atoms with E-state index in [9.17, 15) is 39.2 Å². The SMILES string of the molecule is Cc1ccc(C)c(S(OS(=O)(=O)C(F)(F)F)(c2cc(F)cc(F)c2)c2cc(F)cc(F)c2)c1. The van der Waals surface area contributed by atoms with Gasteiger partial charge in [-0.15, -0.1) is 0 Å². The lowest BCUT2D eigenvalue weighted by Gasteiger charge is -2.40. The van der Waals surface area contributed by atoms with Gasteiger partial charge in [0.25, 0.3) is 0 Å². The fraction of sp³-hybridized carbons (Fsp3) is 0.143. The molecule has 3 aromatic rings. The van der Waals surface area contributed by atoms with Gasteiger partial charge in [0.15, 0.2) is 0 Å². The third kappa shape index (κ3) is 4.87. The molecule has 0 aliphatic rings. The Hall–Kier alpha value is -2.57. The minimum absolute atomic E-state index is 0.155. The fourth-order valence-corrected chi connectivity index (χ4v) is 8.16. The van der Waals surface area contributed by atoms with Crippen molar-refractivity contribution in [2.45, 2.75) is 34.0 Å². The molecule has 0 aliphatic heterocycles. The zero-order chi connectivity index (χ0) is 24.8. The molecule has 3 rings (SSSR count). The van der Waals surface area contributed by atoms with Gasteiger partial charge in [0.1, 0.15) is 23.3 Å². The van der Waals surface area contributed by atoms with Crippen molar-refractivity contribution >= 4 is 20.4 Å². The summed E-state index contributed by atoms with van der Waals surface area (Å²) in [5.74, 6) is -5.07. The summed E-state index contributed by atoms with van der Waals surface area (Å²) in [6.07, 6.45) is 0. The van der Waals surface area contributed by atoms with E-state index in [1.165, 1.54) is 26.0 Å². The molecule has 33 heavy (non-hydrogen) atoms. The first kappa shape index (κ1) is 25.1. The predicted molar refractivity (Wildman–Crippen MR) is 107 cm³/mol. The molecule has 12 heteroatoms. The van der Waals surface area contributed by atoms with Crippen LogP contribution in [-0.2, 0) is 13.7 Å². The smallest absolute Gasteiger partial charge is 0.207 e. The summed E-state index contributed by atoms with van der Waals surface area (Å²) in [4.78, 5) is -1.62. The Balaban J connectivity index is 2.58. The predicted octanol–water partition coefficient (Wildman–Crippen LogP) is 6.92. The summed E-state index contributed by atoms with van der Waals surface area (Å²) in [5, 5.41) is 0. The molecule has 0 bridgehead atoms. The molecule has 0 unspecified atom stereocenters. The van der Waals surface area contributed by atoms with E-state index in [4.69, 9.17) is 3.63 Å². The molecule has 0 spiro atoms. The minimum atomic E-state index is -6.43. The molecule has 0 aliphatic carbocycles. The van der Waals surface area contributed by atoms with E-state index in [2.05, 4.69) is 0 Å². The Morgan fingerprint density at radius 2 is 1.12 bits per heavy atom. The highest BCUT2D eigenvalue weighted by Gasteiger charge is 2.53. The van der Waals surface area contributed by atoms with Gasteiger partial charge in [0.2, 0.25) is 0 Å². The van der Waals surface area contributed by atoms with Gasteiger partial charge < -0.3 is 0 Å². The average molecular weight is 512 g/mol. The highest BCUT2D eigenvalue weighted by molar-refractivity contribution is 8.33. The molecule has 0 N–H and O–H groups in total. The third-order valence-corrected chi connectivity index (χ3v) is 9.42. The van der Waals surface area contributed by atoms with Gasteiger partial charge in [0, 0.05) is 26.8 Å². The number of aryl methyl sites for hydroxylation is 2. The normalized spacial score (nSPS) is 13.2. The summed E-state index contributed by atoms with van der Waals surface area (Å²) in [5.41, 5.74) is -5.38. The first-order valence-electron chi connectivity index (χ1n) is 9.01. The molecule has 0 saturated carbocycles. The number of hydrogen-bond acceptors (Lipinski definition) is 3. The van der Waals surface area contributed by atoms with Gasteiger partial charge in [-0.2, -0.15) is 25.2 Å². The Morgan fingerprint density at radius 3 is 1.52 bits per heavy atom. The topological polar surface area (TPSA) is 43.4 Å². The highest BCUT2D eigenvalue weighted by atomic mass is 32.3. The van der Waals surface area contributed by atoms with Crippen molar-refractivity contribution < 1.29 is 42.8 Å². The number of alkyl halides is 3. The van der Waals surface area contributed by atoms with Crippen LogP contribution in [0.5, 0.6) is 0 Å². The summed E-state index contributed by atoms with van der Waals surface area (Å²) in [6.45, 7) is 2.90. The van der Waals surface area contributed by atoms with Crippen LogP contribution in [0.25, 0.3) is 0 Å². The molecular weight excluding hydrogens is 497 g/mol. The Bertz CT molecular complexity index is 1230. The minimum Gasteiger partial charge on any atom is -0.207 e. The number of hydrogen-bond donors (Lipinski definition) is 0. The van der Waals surface area contributed by atoms with Crippen LogP contribution in [0.15, 0.2) is 69.3 Å². The molecular formula is C21H15F7O3S2. The molecule has 0 amide bonds. The Labute approximate surface area is 186 Å². The molecule has 0 atom stereocenters. The highest BCUT2D eigenvalue weighted by Crippen LogP contribution is 2.71. The molecule has 3 nitrogen and oxygen atoms in total. The van der Waals surface area contributed by atoms with E-state index in [0.29, 0.717) is 42.0 Å². The van der Waals surface area contributed by atoms with Crippen LogP contribution in [0, 0.1) is 37.1 Å². The van der Waals surface area contributed by atoms with Crippen LogP contribution in [-0.4, -0.2) is 13.9 Å². The Kier molecular flexibility index (Phi) is 6.57. The monoisotopic (exact) mass is 512 g/mol. The van der Waals surface area contributed by atoms with Gasteiger partial charge >= 0.3 is 15.6 Å². The van der Waals surface area contributed by atoms with Crippen molar-refractivity contribution in [3.05, 3.63) is 89.0 Å². The second-order valence-electron chi connectivity index (χ2n) is 7.00. The summed E-state index contributed by atoms with van der Waals surface area (Å²) in [7, 11) is -10.7. The average Bonchev–Trinajstić information content (AvgIpc) is 2.65. The van der Waals surface area contributed by atoms with Gasteiger partial charge in [0.05, 0.1) is 0 Å². The Morgan fingerprint density at radius 1 is 0.697 bits per heavy atom. The van der Waals surface area contributed by atoms with Crippen LogP contribution in [0.3, 0.4) is 0 Å². The molecule has 0 radical (unpaired) electrons. The first-order valence-corrected chi connectivity index (χ1v) is 12.0. The van der Waals surface area contributed by atoms with E-state index in [1.807, 2.05) is 0 Å². The molecule has 0 heterocycles. The van der Waals surface area contributed by atoms with Crippen molar-refractivity contribution in [1.29, 1.82) is 0 Å². The maximum Gasteiger partial charge on any atom is 0.524 e. The number of benzene rings is 3. The van der Waals surface area contributed by atoms with Gasteiger partial charge in [-0.1, -0.05) is 12.1 Å². The first-order chi connectivity index (χ1) is 15.2. The lowest BCUT2D eigenvalue weighted by atomic mass is 10.2. The van der Waals surface area contributed by atoms with Crippen molar-refractivity contribution in [3.63, 3.8) is 0 Å². The lowest BCUT2D eigenvalue weighted by Crippen LogP contribution is -2.28. The van der Waals surface area contributed by atoms with E-state index < -0.39 is 59.0 Å². The van der Waals surface area contributed by atoms with E-state index in [-0.39, 0.29) is 10.5 Å². The van der Waals surface area contributed by atoms with Gasteiger partial charge in [-0.25, -0.2) is 17.6 Å². The maximum absolute atomic E-state index is 14.2. The zero-order valence-electron chi connectivity index (χ0n) is 16.9. The number of halogens is 7.